The van der Waals surface area contributed by atoms with Crippen LogP contribution in [0.25, 0.3) is 0 Å². The maximum Gasteiger partial charge on any atom is 0.343 e. The summed E-state index contributed by atoms with van der Waals surface area (Å²) in [5, 5.41) is 17.4. The van der Waals surface area contributed by atoms with Crippen molar-refractivity contribution in [2.24, 2.45) is 7.05 Å². The van der Waals surface area contributed by atoms with Crippen molar-refractivity contribution < 1.29 is 14.6 Å². The monoisotopic (exact) mass is 264 g/mol. The van der Waals surface area contributed by atoms with Crippen molar-refractivity contribution >= 4 is 5.97 Å². The molecule has 7 nitrogen and oxygen atoms in total. The van der Waals surface area contributed by atoms with Gasteiger partial charge in [0.2, 0.25) is 5.88 Å². The molecule has 2 rings (SSSR count). The summed E-state index contributed by atoms with van der Waals surface area (Å²) in [6.45, 7) is 4.48. The molecule has 0 atom stereocenters. The van der Waals surface area contributed by atoms with E-state index in [2.05, 4.69) is 17.1 Å². The number of rotatable bonds is 5. The molecule has 0 aliphatic rings. The molecule has 1 N–H and O–H groups in total. The second kappa shape index (κ2) is 5.13. The minimum absolute atomic E-state index is 0.0748. The molecule has 0 saturated heterocycles. The van der Waals surface area contributed by atoms with Crippen LogP contribution in [0.2, 0.25) is 0 Å². The Morgan fingerprint density at radius 2 is 2.26 bits per heavy atom. The molecule has 0 aliphatic heterocycles. The lowest BCUT2D eigenvalue weighted by Crippen LogP contribution is -2.01. The van der Waals surface area contributed by atoms with Gasteiger partial charge in [0.05, 0.1) is 18.1 Å². The minimum atomic E-state index is -1.05. The highest BCUT2D eigenvalue weighted by molar-refractivity contribution is 5.91. The Kier molecular flexibility index (Phi) is 3.55. The summed E-state index contributed by atoms with van der Waals surface area (Å²) in [6, 6.07) is 0. The summed E-state index contributed by atoms with van der Waals surface area (Å²) >= 11 is 0. The molecule has 0 saturated carbocycles. The first kappa shape index (κ1) is 13.1. The van der Waals surface area contributed by atoms with Gasteiger partial charge in [-0.15, -0.1) is 0 Å². The van der Waals surface area contributed by atoms with E-state index >= 15 is 0 Å². The van der Waals surface area contributed by atoms with Crippen LogP contribution in [0.15, 0.2) is 12.4 Å². The fourth-order valence-corrected chi connectivity index (χ4v) is 1.86. The first-order chi connectivity index (χ1) is 9.02. The molecule has 0 aromatic carbocycles. The molecule has 2 aromatic heterocycles. The van der Waals surface area contributed by atoms with Crippen LogP contribution in [0, 0.1) is 6.92 Å². The standard InChI is InChI=1S/C12H16N4O3/c1-4-5-16-7-9(6-13-16)19-11-10(12(17)18)8(2)14-15(11)3/h6-7H,4-5H2,1-3H3,(H,17,18). The molecule has 0 unspecified atom stereocenters. The third-order valence-corrected chi connectivity index (χ3v) is 2.66. The van der Waals surface area contributed by atoms with E-state index in [1.165, 1.54) is 4.68 Å². The summed E-state index contributed by atoms with van der Waals surface area (Å²) in [4.78, 5) is 11.2. The molecule has 0 bridgehead atoms. The fraction of sp³-hybridized carbons (Fsp3) is 0.417. The van der Waals surface area contributed by atoms with E-state index in [9.17, 15) is 9.90 Å². The van der Waals surface area contributed by atoms with Crippen molar-refractivity contribution in [2.45, 2.75) is 26.8 Å². The molecule has 2 aromatic rings. The van der Waals surface area contributed by atoms with Gasteiger partial charge in [0.1, 0.15) is 5.56 Å². The van der Waals surface area contributed by atoms with Gasteiger partial charge in [-0.2, -0.15) is 10.2 Å². The Labute approximate surface area is 110 Å². The van der Waals surface area contributed by atoms with Gasteiger partial charge < -0.3 is 9.84 Å². The highest BCUT2D eigenvalue weighted by atomic mass is 16.5. The zero-order valence-corrected chi connectivity index (χ0v) is 11.1. The van der Waals surface area contributed by atoms with Gasteiger partial charge in [0, 0.05) is 13.6 Å². The molecule has 0 fully saturated rings. The predicted octanol–water partition coefficient (Wildman–Crippen LogP) is 1.83. The summed E-state index contributed by atoms with van der Waals surface area (Å²) < 4.78 is 8.75. The molecule has 0 radical (unpaired) electrons. The quantitative estimate of drug-likeness (QED) is 0.890. The van der Waals surface area contributed by atoms with Crippen molar-refractivity contribution in [1.29, 1.82) is 0 Å². The number of carboxylic acid groups (broad SMARTS) is 1. The van der Waals surface area contributed by atoms with E-state index in [1.807, 2.05) is 0 Å². The largest absolute Gasteiger partial charge is 0.477 e. The lowest BCUT2D eigenvalue weighted by molar-refractivity contribution is 0.0693. The van der Waals surface area contributed by atoms with Crippen molar-refractivity contribution in [1.82, 2.24) is 19.6 Å². The van der Waals surface area contributed by atoms with Crippen LogP contribution in [0.1, 0.15) is 29.4 Å². The lowest BCUT2D eigenvalue weighted by atomic mass is 10.2. The SMILES string of the molecule is CCCn1cc(Oc2c(C(=O)O)c(C)nn2C)cn1. The Balaban J connectivity index is 2.29. The molecule has 0 amide bonds. The average molecular weight is 264 g/mol. The Bertz CT molecular complexity index is 600. The number of carboxylic acids is 1. The van der Waals surface area contributed by atoms with Crippen LogP contribution in [-0.4, -0.2) is 30.6 Å². The number of aryl methyl sites for hydroxylation is 3. The molecule has 0 spiro atoms. The van der Waals surface area contributed by atoms with E-state index in [0.717, 1.165) is 13.0 Å². The Morgan fingerprint density at radius 3 is 2.89 bits per heavy atom. The van der Waals surface area contributed by atoms with Crippen LogP contribution in [0.3, 0.4) is 0 Å². The first-order valence-corrected chi connectivity index (χ1v) is 6.00. The summed E-state index contributed by atoms with van der Waals surface area (Å²) in [5.41, 5.74) is 0.497. The van der Waals surface area contributed by atoms with Crippen LogP contribution in [0.4, 0.5) is 0 Å². The zero-order valence-electron chi connectivity index (χ0n) is 11.1. The molecule has 19 heavy (non-hydrogen) atoms. The predicted molar refractivity (Wildman–Crippen MR) is 67.5 cm³/mol. The maximum atomic E-state index is 11.2. The third-order valence-electron chi connectivity index (χ3n) is 2.66. The smallest absolute Gasteiger partial charge is 0.343 e. The molecule has 102 valence electrons. The van der Waals surface area contributed by atoms with Gasteiger partial charge in [0.15, 0.2) is 5.75 Å². The second-order valence-electron chi connectivity index (χ2n) is 4.24. The van der Waals surface area contributed by atoms with Gasteiger partial charge in [-0.05, 0) is 13.3 Å². The normalized spacial score (nSPS) is 10.7. The topological polar surface area (TPSA) is 82.2 Å². The lowest BCUT2D eigenvalue weighted by Gasteiger charge is -2.04. The number of nitrogens with zero attached hydrogens (tertiary/aromatic N) is 4. The molecular weight excluding hydrogens is 248 g/mol. The van der Waals surface area contributed by atoms with Crippen LogP contribution in [0.5, 0.6) is 11.6 Å². The summed E-state index contributed by atoms with van der Waals surface area (Å²) in [6.07, 6.45) is 4.26. The number of ether oxygens (including phenoxy) is 1. The van der Waals surface area contributed by atoms with Gasteiger partial charge in [-0.3, -0.25) is 4.68 Å². The maximum absolute atomic E-state index is 11.2. The van der Waals surface area contributed by atoms with Crippen LogP contribution >= 0.6 is 0 Å². The van der Waals surface area contributed by atoms with E-state index in [0.29, 0.717) is 11.4 Å². The van der Waals surface area contributed by atoms with Crippen LogP contribution in [-0.2, 0) is 13.6 Å². The van der Waals surface area contributed by atoms with E-state index in [1.54, 1.807) is 31.0 Å². The average Bonchev–Trinajstić information content (AvgIpc) is 2.86. The van der Waals surface area contributed by atoms with Crippen molar-refractivity contribution in [3.05, 3.63) is 23.7 Å². The molecule has 2 heterocycles. The molecular formula is C12H16N4O3. The number of aromatic nitrogens is 4. The Morgan fingerprint density at radius 1 is 1.53 bits per heavy atom. The first-order valence-electron chi connectivity index (χ1n) is 6.00. The number of carbonyl (C=O) groups is 1. The van der Waals surface area contributed by atoms with Gasteiger partial charge >= 0.3 is 5.97 Å². The van der Waals surface area contributed by atoms with Gasteiger partial charge in [0.25, 0.3) is 0 Å². The number of hydrogen-bond acceptors (Lipinski definition) is 4. The van der Waals surface area contributed by atoms with Crippen molar-refractivity contribution in [2.75, 3.05) is 0 Å². The molecule has 0 aliphatic carbocycles. The highest BCUT2D eigenvalue weighted by Gasteiger charge is 2.22. The highest BCUT2D eigenvalue weighted by Crippen LogP contribution is 2.26. The Hall–Kier alpha value is -2.31. The van der Waals surface area contributed by atoms with Gasteiger partial charge in [-0.25, -0.2) is 9.48 Å². The van der Waals surface area contributed by atoms with Crippen LogP contribution < -0.4 is 4.74 Å². The summed E-state index contributed by atoms with van der Waals surface area (Å²) in [5.74, 6) is -0.346. The summed E-state index contributed by atoms with van der Waals surface area (Å²) in [7, 11) is 1.64. The van der Waals surface area contributed by atoms with Gasteiger partial charge in [-0.1, -0.05) is 6.92 Å². The number of aromatic carboxylic acids is 1. The fourth-order valence-electron chi connectivity index (χ4n) is 1.86. The minimum Gasteiger partial charge on any atom is -0.477 e. The van der Waals surface area contributed by atoms with E-state index in [-0.39, 0.29) is 11.4 Å². The number of hydrogen-bond donors (Lipinski definition) is 1. The van der Waals surface area contributed by atoms with E-state index in [4.69, 9.17) is 4.74 Å². The third kappa shape index (κ3) is 2.59. The molecule has 7 heteroatoms. The zero-order chi connectivity index (χ0) is 14.0. The second-order valence-corrected chi connectivity index (χ2v) is 4.24. The van der Waals surface area contributed by atoms with Crippen molar-refractivity contribution in [3.8, 4) is 11.6 Å². The van der Waals surface area contributed by atoms with E-state index < -0.39 is 5.97 Å². The van der Waals surface area contributed by atoms with Crippen molar-refractivity contribution in [3.63, 3.8) is 0 Å².